The average molecular weight is 564 g/mol. The molecular formula is C30H34N8O3. The van der Waals surface area contributed by atoms with Crippen LogP contribution >= 0.6 is 0 Å². The molecule has 1 aliphatic rings. The smallest absolute Gasteiger partial charge is 0.247 e. The molecule has 0 unspecified atom stereocenters. The Hall–Kier alpha value is -4.74. The molecule has 5 rings (SSSR count). The molecular weight excluding hydrogens is 520 g/mol. The number of morpholine rings is 1. The van der Waals surface area contributed by atoms with Gasteiger partial charge in [0.1, 0.15) is 5.75 Å². The predicted molar refractivity (Wildman–Crippen MR) is 160 cm³/mol. The van der Waals surface area contributed by atoms with Gasteiger partial charge in [-0.1, -0.05) is 36.8 Å². The standard InChI is InChI=1S/C30H34N8O3/c1-5-28(39)32-23-17-24(26(40-4)18-25(23)37-13-15-41-16-14-37)33-30-31-12-11-27(34-30)38-20-22(19-36(2)3)29(35-38)21-9-7-6-8-10-21/h5-12,17-18,20H,1,13-16,19H2,2-4H3,(H,32,39)(H,31,33,34)/i2D2,3D2,6D,7D,8D,9D,10D. The topological polar surface area (TPSA) is 110 Å². The van der Waals surface area contributed by atoms with Crippen molar-refractivity contribution in [2.24, 2.45) is 0 Å². The van der Waals surface area contributed by atoms with Crippen molar-refractivity contribution in [3.05, 3.63) is 79.0 Å². The van der Waals surface area contributed by atoms with Gasteiger partial charge in [0, 0.05) is 60.8 Å². The molecule has 212 valence electrons. The molecule has 1 amide bonds. The fourth-order valence-corrected chi connectivity index (χ4v) is 4.26. The predicted octanol–water partition coefficient (Wildman–Crippen LogP) is 4.10. The lowest BCUT2D eigenvalue weighted by Gasteiger charge is -2.31. The molecule has 41 heavy (non-hydrogen) atoms. The van der Waals surface area contributed by atoms with Crippen LogP contribution < -0.4 is 20.3 Å². The highest BCUT2D eigenvalue weighted by molar-refractivity contribution is 6.02. The summed E-state index contributed by atoms with van der Waals surface area (Å²) < 4.78 is 85.1. The molecule has 1 fully saturated rings. The van der Waals surface area contributed by atoms with Crippen molar-refractivity contribution in [3.63, 3.8) is 0 Å². The van der Waals surface area contributed by atoms with Crippen LogP contribution in [0.1, 0.15) is 17.9 Å². The van der Waals surface area contributed by atoms with Crippen molar-refractivity contribution in [1.29, 1.82) is 0 Å². The molecule has 0 bridgehead atoms. The molecule has 0 atom stereocenters. The highest BCUT2D eigenvalue weighted by Crippen LogP contribution is 2.38. The number of nitrogens with one attached hydrogen (secondary N) is 2. The number of carbonyl (C=O) groups excluding carboxylic acids is 1. The van der Waals surface area contributed by atoms with Gasteiger partial charge in [0.15, 0.2) is 5.82 Å². The van der Waals surface area contributed by atoms with E-state index in [-0.39, 0.29) is 35.1 Å². The number of benzene rings is 2. The second-order valence-corrected chi connectivity index (χ2v) is 8.85. The number of carbonyl (C=O) groups is 1. The summed E-state index contributed by atoms with van der Waals surface area (Å²) in [5, 5.41) is 10.5. The molecule has 11 nitrogen and oxygen atoms in total. The van der Waals surface area contributed by atoms with E-state index in [1.807, 2.05) is 0 Å². The molecule has 0 spiro atoms. The number of aromatic nitrogens is 4. The van der Waals surface area contributed by atoms with Crippen LogP contribution in [-0.2, 0) is 16.1 Å². The van der Waals surface area contributed by atoms with Crippen LogP contribution in [0.3, 0.4) is 0 Å². The number of anilines is 4. The molecule has 0 aliphatic carbocycles. The van der Waals surface area contributed by atoms with Crippen molar-refractivity contribution in [2.75, 3.05) is 62.9 Å². The van der Waals surface area contributed by atoms with Crippen LogP contribution in [0, 0.1) is 0 Å². The summed E-state index contributed by atoms with van der Waals surface area (Å²) in [6.45, 7) is 2.00. The van der Waals surface area contributed by atoms with Gasteiger partial charge in [0.25, 0.3) is 0 Å². The summed E-state index contributed by atoms with van der Waals surface area (Å²) in [6, 6.07) is 2.16. The minimum Gasteiger partial charge on any atom is -0.494 e. The first-order valence-electron chi connectivity index (χ1n) is 17.3. The van der Waals surface area contributed by atoms with Crippen LogP contribution in [0.15, 0.2) is 73.5 Å². The van der Waals surface area contributed by atoms with Crippen molar-refractivity contribution in [1.82, 2.24) is 24.6 Å². The largest absolute Gasteiger partial charge is 0.494 e. The number of amides is 1. The van der Waals surface area contributed by atoms with Crippen LogP contribution in [0.2, 0.25) is 0 Å². The van der Waals surface area contributed by atoms with Crippen LogP contribution in [0.5, 0.6) is 5.75 Å². The second-order valence-electron chi connectivity index (χ2n) is 8.85. The summed E-state index contributed by atoms with van der Waals surface area (Å²) in [7, 11) is 1.49. The molecule has 2 N–H and O–H groups in total. The maximum absolute atomic E-state index is 12.4. The van der Waals surface area contributed by atoms with Gasteiger partial charge >= 0.3 is 0 Å². The molecule has 2 aromatic heterocycles. The Morgan fingerprint density at radius 2 is 2.05 bits per heavy atom. The Labute approximate surface area is 252 Å². The lowest BCUT2D eigenvalue weighted by Crippen LogP contribution is -2.36. The van der Waals surface area contributed by atoms with E-state index in [4.69, 9.17) is 21.8 Å². The zero-order valence-electron chi connectivity index (χ0n) is 31.3. The zero-order chi connectivity index (χ0) is 36.3. The SMILES string of the molecule is [2H]c1c([2H])c([2H])c(-c2nn(-c3ccnc(Nc4cc(NC(=O)C=C)c(N5CCOCC5)cc4OC)n3)cc2CN(C([2H])[2H])C([2H])[2H])c([2H])c1[2H]. The Kier molecular flexibility index (Phi) is 5.72. The van der Waals surface area contributed by atoms with Gasteiger partial charge in [-0.3, -0.25) is 4.79 Å². The van der Waals surface area contributed by atoms with E-state index in [1.54, 1.807) is 12.1 Å². The van der Waals surface area contributed by atoms with Crippen LogP contribution in [0.25, 0.3) is 17.1 Å². The number of nitrogens with zero attached hydrogens (tertiary/aromatic N) is 6. The van der Waals surface area contributed by atoms with Crippen LogP contribution in [0.4, 0.5) is 23.0 Å². The molecule has 11 heteroatoms. The first kappa shape index (κ1) is 18.6. The zero-order valence-corrected chi connectivity index (χ0v) is 22.3. The maximum atomic E-state index is 12.4. The Bertz CT molecular complexity index is 1870. The van der Waals surface area contributed by atoms with Gasteiger partial charge in [0.2, 0.25) is 11.9 Å². The van der Waals surface area contributed by atoms with Crippen molar-refractivity contribution < 1.29 is 26.6 Å². The number of hydrogen-bond donors (Lipinski definition) is 2. The first-order valence-corrected chi connectivity index (χ1v) is 12.5. The maximum Gasteiger partial charge on any atom is 0.247 e. The summed E-state index contributed by atoms with van der Waals surface area (Å²) >= 11 is 0. The Balaban J connectivity index is 1.58. The van der Waals surface area contributed by atoms with Gasteiger partial charge in [-0.25, -0.2) is 9.67 Å². The number of rotatable bonds is 10. The second kappa shape index (κ2) is 12.6. The molecule has 1 saturated heterocycles. The van der Waals surface area contributed by atoms with Gasteiger partial charge in [-0.15, -0.1) is 0 Å². The van der Waals surface area contributed by atoms with E-state index in [1.165, 1.54) is 30.3 Å². The van der Waals surface area contributed by atoms with Crippen molar-refractivity contribution in [3.8, 4) is 22.8 Å². The van der Waals surface area contributed by atoms with E-state index < -0.39 is 50.1 Å². The summed E-state index contributed by atoms with van der Waals surface area (Å²) in [5.41, 5.74) is 1.49. The molecule has 3 heterocycles. The number of ether oxygens (including phenoxy) is 2. The third kappa shape index (κ3) is 6.53. The average Bonchev–Trinajstić information content (AvgIpc) is 3.52. The number of methoxy groups -OCH3 is 1. The van der Waals surface area contributed by atoms with E-state index >= 15 is 0 Å². The van der Waals surface area contributed by atoms with Crippen LogP contribution in [-0.4, -0.2) is 78.0 Å². The summed E-state index contributed by atoms with van der Waals surface area (Å²) in [4.78, 5) is 24.2. The molecule has 0 radical (unpaired) electrons. The molecule has 4 aromatic rings. The Morgan fingerprint density at radius 3 is 2.78 bits per heavy atom. The number of hydrogen-bond acceptors (Lipinski definition) is 9. The van der Waals surface area contributed by atoms with Gasteiger partial charge in [-0.2, -0.15) is 10.1 Å². The first-order chi connectivity index (χ1) is 23.8. The van der Waals surface area contributed by atoms with Gasteiger partial charge in [0.05, 0.1) is 49.9 Å². The van der Waals surface area contributed by atoms with Gasteiger partial charge < -0.3 is 29.9 Å². The lowest BCUT2D eigenvalue weighted by atomic mass is 10.1. The van der Waals surface area contributed by atoms with E-state index in [9.17, 15) is 4.79 Å². The van der Waals surface area contributed by atoms with E-state index in [0.717, 1.165) is 11.0 Å². The third-order valence-corrected chi connectivity index (χ3v) is 6.11. The van der Waals surface area contributed by atoms with Crippen molar-refractivity contribution >= 4 is 28.9 Å². The van der Waals surface area contributed by atoms with Gasteiger partial charge in [-0.05, 0) is 26.1 Å². The minimum atomic E-state index is -1.72. The fourth-order valence-electron chi connectivity index (χ4n) is 4.26. The summed E-state index contributed by atoms with van der Waals surface area (Å²) in [6.07, 6.45) is 4.02. The monoisotopic (exact) mass is 563 g/mol. The Morgan fingerprint density at radius 1 is 1.24 bits per heavy atom. The minimum absolute atomic E-state index is 0.0654. The normalized spacial score (nSPS) is 16.5. The van der Waals surface area contributed by atoms with E-state index in [2.05, 4.69) is 37.2 Å². The highest BCUT2D eigenvalue weighted by atomic mass is 16.5. The molecule has 0 saturated carbocycles. The highest BCUT2D eigenvalue weighted by Gasteiger charge is 2.20. The lowest BCUT2D eigenvalue weighted by molar-refractivity contribution is -0.111. The summed E-state index contributed by atoms with van der Waals surface area (Å²) in [5.74, 6) is 0.266. The fraction of sp³-hybridized carbons (Fsp3) is 0.267. The molecule has 2 aromatic carbocycles. The van der Waals surface area contributed by atoms with Crippen molar-refractivity contribution in [2.45, 2.75) is 6.54 Å². The molecule has 1 aliphatic heterocycles. The van der Waals surface area contributed by atoms with E-state index in [0.29, 0.717) is 49.1 Å². The quantitative estimate of drug-likeness (QED) is 0.276. The third-order valence-electron chi connectivity index (χ3n) is 6.11.